The Morgan fingerprint density at radius 2 is 1.44 bits per heavy atom. The molecule has 4 nitrogen and oxygen atoms in total. The van der Waals surface area contributed by atoms with Crippen molar-refractivity contribution in [1.29, 1.82) is 0 Å². The van der Waals surface area contributed by atoms with Gasteiger partial charge < -0.3 is 4.74 Å². The predicted molar refractivity (Wildman–Crippen MR) is 95.2 cm³/mol. The van der Waals surface area contributed by atoms with Crippen molar-refractivity contribution in [3.8, 4) is 5.75 Å². The van der Waals surface area contributed by atoms with Gasteiger partial charge in [-0.15, -0.1) is 0 Å². The molecule has 0 aromatic heterocycles. The van der Waals surface area contributed by atoms with Crippen LogP contribution >= 0.6 is 0 Å². The number of ether oxygens (including phenoxy) is 1. The molecule has 4 heteroatoms. The molecule has 0 N–H and O–H groups in total. The molecular weight excluding hydrogens is 314 g/mol. The lowest BCUT2D eigenvalue weighted by atomic mass is 9.81. The minimum Gasteiger partial charge on any atom is -0.489 e. The third-order valence-electron chi connectivity index (χ3n) is 5.18. The van der Waals surface area contributed by atoms with Crippen LogP contribution in [0.3, 0.4) is 0 Å². The van der Waals surface area contributed by atoms with E-state index in [4.69, 9.17) is 4.74 Å². The van der Waals surface area contributed by atoms with E-state index in [1.807, 2.05) is 42.5 Å². The number of anilines is 1. The Kier molecular flexibility index (Phi) is 4.26. The highest BCUT2D eigenvalue weighted by atomic mass is 16.5. The van der Waals surface area contributed by atoms with Crippen LogP contribution in [0.1, 0.15) is 31.2 Å². The average molecular weight is 335 g/mol. The third-order valence-corrected chi connectivity index (χ3v) is 5.18. The van der Waals surface area contributed by atoms with Crippen LogP contribution in [-0.4, -0.2) is 11.8 Å². The summed E-state index contributed by atoms with van der Waals surface area (Å²) in [6, 6.07) is 17.2. The Bertz CT molecular complexity index is 745. The van der Waals surface area contributed by atoms with Gasteiger partial charge in [-0.25, -0.2) is 0 Å². The smallest absolute Gasteiger partial charge is 0.237 e. The molecule has 4 rings (SSSR count). The third kappa shape index (κ3) is 3.04. The highest BCUT2D eigenvalue weighted by Crippen LogP contribution is 2.40. The molecule has 1 aliphatic heterocycles. The second-order valence-electron chi connectivity index (χ2n) is 6.78. The second-order valence-corrected chi connectivity index (χ2v) is 6.78. The topological polar surface area (TPSA) is 46.6 Å². The van der Waals surface area contributed by atoms with Gasteiger partial charge in [0.05, 0.1) is 17.5 Å². The van der Waals surface area contributed by atoms with E-state index in [1.165, 1.54) is 4.90 Å². The number of hydrogen-bond acceptors (Lipinski definition) is 3. The highest BCUT2D eigenvalue weighted by molar-refractivity contribution is 6.22. The number of imide groups is 1. The molecular formula is C21H21NO3. The first-order valence-electron chi connectivity index (χ1n) is 8.88. The van der Waals surface area contributed by atoms with Crippen LogP contribution in [-0.2, 0) is 16.2 Å². The van der Waals surface area contributed by atoms with Gasteiger partial charge in [0.1, 0.15) is 12.4 Å². The summed E-state index contributed by atoms with van der Waals surface area (Å²) in [6.45, 7) is 0.492. The van der Waals surface area contributed by atoms with Crippen LogP contribution in [0.25, 0.3) is 0 Å². The van der Waals surface area contributed by atoms with E-state index in [1.54, 1.807) is 12.1 Å². The Hall–Kier alpha value is -2.62. The Labute approximate surface area is 147 Å². The van der Waals surface area contributed by atoms with Crippen molar-refractivity contribution in [3.63, 3.8) is 0 Å². The van der Waals surface area contributed by atoms with E-state index in [9.17, 15) is 9.59 Å². The van der Waals surface area contributed by atoms with Crippen molar-refractivity contribution in [2.24, 2.45) is 11.8 Å². The van der Waals surface area contributed by atoms with Crippen LogP contribution in [0.5, 0.6) is 5.75 Å². The van der Waals surface area contributed by atoms with E-state index in [2.05, 4.69) is 0 Å². The first-order valence-corrected chi connectivity index (χ1v) is 8.88. The zero-order chi connectivity index (χ0) is 17.2. The van der Waals surface area contributed by atoms with Crippen LogP contribution in [0.4, 0.5) is 5.69 Å². The molecule has 0 radical (unpaired) electrons. The van der Waals surface area contributed by atoms with Crippen molar-refractivity contribution in [1.82, 2.24) is 0 Å². The predicted octanol–water partition coefficient (Wildman–Crippen LogP) is 3.95. The van der Waals surface area contributed by atoms with Crippen molar-refractivity contribution in [2.75, 3.05) is 4.90 Å². The van der Waals surface area contributed by atoms with Crippen molar-refractivity contribution in [2.45, 2.75) is 32.3 Å². The lowest BCUT2D eigenvalue weighted by molar-refractivity contribution is -0.122. The molecule has 25 heavy (non-hydrogen) atoms. The standard InChI is InChI=1S/C21H21NO3/c23-20-18-8-4-5-9-19(18)21(24)22(20)16-10-12-17(13-11-16)25-14-15-6-2-1-3-7-15/h1-3,6-7,10-13,18-19H,4-5,8-9,14H2/t18-,19+. The maximum absolute atomic E-state index is 12.6. The minimum atomic E-state index is -0.116. The van der Waals surface area contributed by atoms with Gasteiger partial charge in [0, 0.05) is 0 Å². The SMILES string of the molecule is O=C1[C@H]2CCCC[C@H]2C(=O)N1c1ccc(OCc2ccccc2)cc1. The van der Waals surface area contributed by atoms with E-state index in [0.717, 1.165) is 37.0 Å². The summed E-state index contributed by atoms with van der Waals surface area (Å²) >= 11 is 0. The largest absolute Gasteiger partial charge is 0.489 e. The van der Waals surface area contributed by atoms with Crippen molar-refractivity contribution < 1.29 is 14.3 Å². The number of amides is 2. The first-order chi connectivity index (χ1) is 12.2. The fourth-order valence-electron chi connectivity index (χ4n) is 3.85. The molecule has 128 valence electrons. The van der Waals surface area contributed by atoms with Crippen LogP contribution in [0.15, 0.2) is 54.6 Å². The van der Waals surface area contributed by atoms with Gasteiger partial charge in [0.25, 0.3) is 0 Å². The lowest BCUT2D eigenvalue weighted by Gasteiger charge is -2.19. The summed E-state index contributed by atoms with van der Waals surface area (Å²) in [7, 11) is 0. The normalized spacial score (nSPS) is 22.8. The molecule has 0 bridgehead atoms. The lowest BCUT2D eigenvalue weighted by Crippen LogP contribution is -2.30. The zero-order valence-electron chi connectivity index (χ0n) is 14.1. The summed E-state index contributed by atoms with van der Waals surface area (Å²) in [6.07, 6.45) is 3.76. The van der Waals surface area contributed by atoms with Crippen LogP contribution in [0, 0.1) is 11.8 Å². The van der Waals surface area contributed by atoms with Crippen LogP contribution < -0.4 is 9.64 Å². The molecule has 2 aliphatic rings. The van der Waals surface area contributed by atoms with Gasteiger partial charge in [-0.2, -0.15) is 0 Å². The summed E-state index contributed by atoms with van der Waals surface area (Å²) < 4.78 is 5.77. The van der Waals surface area contributed by atoms with Gasteiger partial charge in [0.15, 0.2) is 0 Å². The number of fused-ring (bicyclic) bond motifs is 1. The maximum atomic E-state index is 12.6. The Morgan fingerprint density at radius 3 is 2.04 bits per heavy atom. The number of nitrogens with zero attached hydrogens (tertiary/aromatic N) is 1. The molecule has 2 fully saturated rings. The van der Waals surface area contributed by atoms with Crippen molar-refractivity contribution >= 4 is 17.5 Å². The molecule has 1 aliphatic carbocycles. The number of rotatable bonds is 4. The quantitative estimate of drug-likeness (QED) is 0.795. The Balaban J connectivity index is 1.46. The van der Waals surface area contributed by atoms with Crippen molar-refractivity contribution in [3.05, 3.63) is 60.2 Å². The van der Waals surface area contributed by atoms with E-state index in [0.29, 0.717) is 12.3 Å². The number of carbonyl (C=O) groups is 2. The Morgan fingerprint density at radius 1 is 0.840 bits per heavy atom. The van der Waals surface area contributed by atoms with Gasteiger partial charge >= 0.3 is 0 Å². The average Bonchev–Trinajstić information content (AvgIpc) is 2.93. The maximum Gasteiger partial charge on any atom is 0.237 e. The van der Waals surface area contributed by atoms with E-state index >= 15 is 0 Å². The van der Waals surface area contributed by atoms with E-state index in [-0.39, 0.29) is 23.7 Å². The summed E-state index contributed by atoms with van der Waals surface area (Å²) in [5.74, 6) is 0.426. The molecule has 0 spiro atoms. The second kappa shape index (κ2) is 6.71. The fraction of sp³-hybridized carbons (Fsp3) is 0.333. The first kappa shape index (κ1) is 15.9. The monoisotopic (exact) mass is 335 g/mol. The van der Waals surface area contributed by atoms with Gasteiger partial charge in [0.2, 0.25) is 11.8 Å². The molecule has 1 saturated carbocycles. The van der Waals surface area contributed by atoms with Crippen LogP contribution in [0.2, 0.25) is 0 Å². The van der Waals surface area contributed by atoms with E-state index < -0.39 is 0 Å². The molecule has 2 amide bonds. The summed E-state index contributed by atoms with van der Waals surface area (Å²) in [5, 5.41) is 0. The zero-order valence-corrected chi connectivity index (χ0v) is 14.1. The molecule has 0 unspecified atom stereocenters. The minimum absolute atomic E-state index is 0.0346. The fourth-order valence-corrected chi connectivity index (χ4v) is 3.85. The molecule has 1 heterocycles. The highest BCUT2D eigenvalue weighted by Gasteiger charge is 2.48. The number of benzene rings is 2. The molecule has 1 saturated heterocycles. The molecule has 2 atom stereocenters. The summed E-state index contributed by atoms with van der Waals surface area (Å²) in [4.78, 5) is 26.6. The van der Waals surface area contributed by atoms with Gasteiger partial charge in [-0.3, -0.25) is 14.5 Å². The van der Waals surface area contributed by atoms with Gasteiger partial charge in [-0.1, -0.05) is 43.2 Å². The number of carbonyl (C=O) groups excluding carboxylic acids is 2. The number of hydrogen-bond donors (Lipinski definition) is 0. The molecule has 2 aromatic carbocycles. The molecule has 2 aromatic rings. The van der Waals surface area contributed by atoms with Gasteiger partial charge in [-0.05, 0) is 42.7 Å². The summed E-state index contributed by atoms with van der Waals surface area (Å²) in [5.41, 5.74) is 1.75.